The van der Waals surface area contributed by atoms with Gasteiger partial charge < -0.3 is 10.2 Å². The smallest absolute Gasteiger partial charge is 0.223 e. The molecule has 0 radical (unpaired) electrons. The summed E-state index contributed by atoms with van der Waals surface area (Å²) < 4.78 is 1.71. The first-order valence-corrected chi connectivity index (χ1v) is 12.0. The van der Waals surface area contributed by atoms with Crippen molar-refractivity contribution in [2.45, 2.75) is 39.7 Å². The molecule has 1 aliphatic rings. The van der Waals surface area contributed by atoms with Crippen molar-refractivity contribution < 1.29 is 4.79 Å². The first-order valence-electron chi connectivity index (χ1n) is 11.2. The Kier molecular flexibility index (Phi) is 5.80. The van der Waals surface area contributed by atoms with E-state index in [4.69, 9.17) is 0 Å². The molecule has 4 aromatic rings. The van der Waals surface area contributed by atoms with Crippen LogP contribution >= 0.6 is 11.3 Å². The van der Waals surface area contributed by atoms with Crippen LogP contribution in [0.25, 0.3) is 15.9 Å². The molecule has 1 aliphatic heterocycles. The number of carbonyl (C=O) groups excluding carboxylic acids is 1. The van der Waals surface area contributed by atoms with Crippen LogP contribution in [0.1, 0.15) is 41.8 Å². The average Bonchev–Trinajstić information content (AvgIpc) is 3.48. The minimum atomic E-state index is -0.0572. The molecule has 0 aliphatic carbocycles. The summed E-state index contributed by atoms with van der Waals surface area (Å²) in [6, 6.07) is 7.97. The van der Waals surface area contributed by atoms with Gasteiger partial charge in [0.25, 0.3) is 0 Å². The third-order valence-electron chi connectivity index (χ3n) is 6.55. The summed E-state index contributed by atoms with van der Waals surface area (Å²) in [5.74, 6) is 1.14. The molecule has 1 atom stereocenters. The highest BCUT2D eigenvalue weighted by atomic mass is 32.1. The molecule has 33 heavy (non-hydrogen) atoms. The zero-order valence-electron chi connectivity index (χ0n) is 19.0. The number of rotatable bonds is 5. The molecule has 1 unspecified atom stereocenters. The summed E-state index contributed by atoms with van der Waals surface area (Å²) in [5, 5.41) is 8.50. The molecule has 1 N–H and O–H groups in total. The van der Waals surface area contributed by atoms with E-state index in [1.165, 1.54) is 16.8 Å². The number of benzene rings is 1. The van der Waals surface area contributed by atoms with Crippen molar-refractivity contribution in [2.75, 3.05) is 18.0 Å². The van der Waals surface area contributed by atoms with E-state index in [0.717, 1.165) is 53.2 Å². The molecule has 0 spiro atoms. The van der Waals surface area contributed by atoms with Crippen molar-refractivity contribution in [3.05, 3.63) is 59.3 Å². The Morgan fingerprint density at radius 1 is 1.12 bits per heavy atom. The van der Waals surface area contributed by atoms with E-state index in [2.05, 4.69) is 44.1 Å². The average molecular weight is 462 g/mol. The van der Waals surface area contributed by atoms with Crippen LogP contribution in [0.2, 0.25) is 0 Å². The predicted octanol–water partition coefficient (Wildman–Crippen LogP) is 3.98. The first kappa shape index (κ1) is 21.5. The molecule has 0 bridgehead atoms. The van der Waals surface area contributed by atoms with E-state index in [1.54, 1.807) is 28.7 Å². The standard InChI is InChI=1S/C24H27N7OS/c1-15-17(3)33-24-21(15)22(26-13-27-24)30-10-8-19(9-11-30)23(32)29-16(2)18-4-6-20(7-5-18)31-14-25-12-28-31/h4-7,12-14,16,19H,8-11H2,1-3H3,(H,29,32). The Morgan fingerprint density at radius 2 is 1.88 bits per heavy atom. The van der Waals surface area contributed by atoms with E-state index in [0.29, 0.717) is 0 Å². The van der Waals surface area contributed by atoms with Gasteiger partial charge in [0.1, 0.15) is 29.6 Å². The molecule has 1 amide bonds. The van der Waals surface area contributed by atoms with Crippen LogP contribution in [0.3, 0.4) is 0 Å². The van der Waals surface area contributed by atoms with Gasteiger partial charge >= 0.3 is 0 Å². The highest BCUT2D eigenvalue weighted by molar-refractivity contribution is 7.18. The van der Waals surface area contributed by atoms with Crippen molar-refractivity contribution in [3.63, 3.8) is 0 Å². The third kappa shape index (κ3) is 4.20. The second kappa shape index (κ2) is 8.90. The minimum Gasteiger partial charge on any atom is -0.356 e. The fraction of sp³-hybridized carbons (Fsp3) is 0.375. The molecule has 1 saturated heterocycles. The number of aromatic nitrogens is 5. The number of hydrogen-bond donors (Lipinski definition) is 1. The van der Waals surface area contributed by atoms with E-state index >= 15 is 0 Å². The van der Waals surface area contributed by atoms with Crippen molar-refractivity contribution in [1.29, 1.82) is 0 Å². The number of hydrogen-bond acceptors (Lipinski definition) is 7. The zero-order valence-corrected chi connectivity index (χ0v) is 19.8. The van der Waals surface area contributed by atoms with Gasteiger partial charge in [-0.15, -0.1) is 11.3 Å². The van der Waals surface area contributed by atoms with Gasteiger partial charge in [0, 0.05) is 23.9 Å². The molecule has 9 heteroatoms. The van der Waals surface area contributed by atoms with E-state index in [9.17, 15) is 4.79 Å². The number of piperidine rings is 1. The van der Waals surface area contributed by atoms with Crippen LogP contribution < -0.4 is 10.2 Å². The Morgan fingerprint density at radius 3 is 2.58 bits per heavy atom. The number of aryl methyl sites for hydroxylation is 2. The largest absolute Gasteiger partial charge is 0.356 e. The second-order valence-electron chi connectivity index (χ2n) is 8.58. The van der Waals surface area contributed by atoms with Crippen molar-refractivity contribution in [2.24, 2.45) is 5.92 Å². The monoisotopic (exact) mass is 461 g/mol. The van der Waals surface area contributed by atoms with Crippen molar-refractivity contribution in [1.82, 2.24) is 30.0 Å². The van der Waals surface area contributed by atoms with Crippen LogP contribution in [0.4, 0.5) is 5.82 Å². The summed E-state index contributed by atoms with van der Waals surface area (Å²) in [6.07, 6.45) is 6.47. The molecule has 1 aromatic carbocycles. The quantitative estimate of drug-likeness (QED) is 0.484. The van der Waals surface area contributed by atoms with Crippen LogP contribution in [-0.2, 0) is 4.79 Å². The maximum absolute atomic E-state index is 13.0. The molecule has 3 aromatic heterocycles. The highest BCUT2D eigenvalue weighted by Gasteiger charge is 2.28. The second-order valence-corrected chi connectivity index (χ2v) is 9.79. The van der Waals surface area contributed by atoms with Gasteiger partial charge in [-0.25, -0.2) is 19.6 Å². The zero-order chi connectivity index (χ0) is 22.9. The lowest BCUT2D eigenvalue weighted by molar-refractivity contribution is -0.126. The lowest BCUT2D eigenvalue weighted by atomic mass is 9.95. The van der Waals surface area contributed by atoms with Crippen LogP contribution in [-0.4, -0.2) is 43.7 Å². The van der Waals surface area contributed by atoms with Gasteiger partial charge in [-0.3, -0.25) is 4.79 Å². The molecule has 5 rings (SSSR count). The van der Waals surface area contributed by atoms with Crippen molar-refractivity contribution in [3.8, 4) is 5.69 Å². The molecule has 1 fully saturated rings. The van der Waals surface area contributed by atoms with E-state index in [-0.39, 0.29) is 17.9 Å². The fourth-order valence-electron chi connectivity index (χ4n) is 4.43. The predicted molar refractivity (Wildman–Crippen MR) is 130 cm³/mol. The van der Waals surface area contributed by atoms with E-state index < -0.39 is 0 Å². The maximum atomic E-state index is 13.0. The third-order valence-corrected chi connectivity index (χ3v) is 7.66. The maximum Gasteiger partial charge on any atom is 0.223 e. The first-order chi connectivity index (χ1) is 16.0. The minimum absolute atomic E-state index is 0.0146. The summed E-state index contributed by atoms with van der Waals surface area (Å²) in [5.41, 5.74) is 3.27. The number of nitrogens with zero attached hydrogens (tertiary/aromatic N) is 6. The number of nitrogens with one attached hydrogen (secondary N) is 1. The number of carbonyl (C=O) groups is 1. The number of amides is 1. The van der Waals surface area contributed by atoms with Gasteiger partial charge in [0.15, 0.2) is 0 Å². The summed E-state index contributed by atoms with van der Waals surface area (Å²) in [7, 11) is 0. The van der Waals surface area contributed by atoms with Crippen molar-refractivity contribution >= 4 is 33.3 Å². The lowest BCUT2D eigenvalue weighted by Gasteiger charge is -2.33. The van der Waals surface area contributed by atoms with E-state index in [1.807, 2.05) is 31.2 Å². The molecule has 170 valence electrons. The van der Waals surface area contributed by atoms with Gasteiger partial charge in [-0.1, -0.05) is 12.1 Å². The Bertz CT molecular complexity index is 1260. The van der Waals surface area contributed by atoms with Gasteiger partial charge in [0.2, 0.25) is 5.91 Å². The van der Waals surface area contributed by atoms with Gasteiger partial charge in [-0.2, -0.15) is 5.10 Å². The summed E-state index contributed by atoms with van der Waals surface area (Å²) in [6.45, 7) is 7.93. The molecular weight excluding hydrogens is 434 g/mol. The van der Waals surface area contributed by atoms with Crippen LogP contribution in [0, 0.1) is 19.8 Å². The summed E-state index contributed by atoms with van der Waals surface area (Å²) in [4.78, 5) is 30.6. The number of fused-ring (bicyclic) bond motifs is 1. The van der Waals surface area contributed by atoms with Crippen LogP contribution in [0.15, 0.2) is 43.2 Å². The Balaban J connectivity index is 1.20. The molecule has 8 nitrogen and oxygen atoms in total. The number of thiophene rings is 1. The molecule has 0 saturated carbocycles. The normalized spacial score (nSPS) is 15.7. The summed E-state index contributed by atoms with van der Waals surface area (Å²) >= 11 is 1.72. The topological polar surface area (TPSA) is 88.8 Å². The van der Waals surface area contributed by atoms with Gasteiger partial charge in [-0.05, 0) is 56.9 Å². The highest BCUT2D eigenvalue weighted by Crippen LogP contribution is 2.35. The lowest BCUT2D eigenvalue weighted by Crippen LogP contribution is -2.41. The Labute approximate surface area is 196 Å². The SMILES string of the molecule is Cc1sc2ncnc(N3CCC(C(=O)NC(C)c4ccc(-n5cncn5)cc4)CC3)c2c1C. The van der Waals surface area contributed by atoms with Crippen LogP contribution in [0.5, 0.6) is 0 Å². The van der Waals surface area contributed by atoms with Gasteiger partial charge in [0.05, 0.1) is 17.1 Å². The Hall–Kier alpha value is -3.33. The number of anilines is 1. The fourth-order valence-corrected chi connectivity index (χ4v) is 5.42. The molecule has 4 heterocycles. The molecular formula is C24H27N7OS.